The molecule has 1 heterocycles. The van der Waals surface area contributed by atoms with Crippen LogP contribution in [0, 0.1) is 18.6 Å². The molecule has 1 aromatic heterocycles. The van der Waals surface area contributed by atoms with Crippen LogP contribution >= 0.6 is 11.6 Å². The summed E-state index contributed by atoms with van der Waals surface area (Å²) < 4.78 is 34.7. The van der Waals surface area contributed by atoms with Crippen LogP contribution in [0.25, 0.3) is 34.0 Å². The van der Waals surface area contributed by atoms with Gasteiger partial charge >= 0.3 is 5.97 Å². The molecule has 5 rings (SSSR count). The summed E-state index contributed by atoms with van der Waals surface area (Å²) in [5.41, 5.74) is 2.95. The van der Waals surface area contributed by atoms with Gasteiger partial charge in [0, 0.05) is 28.1 Å². The minimum atomic E-state index is -1.36. The summed E-state index contributed by atoms with van der Waals surface area (Å²) in [4.78, 5) is 29.2. The number of benzene rings is 4. The number of nitrogens with one attached hydrogen (secondary N) is 1. The Hall–Kier alpha value is -4.89. The molecule has 5 aromatic rings. The molecule has 4 aromatic carbocycles. The number of aliphatic carboxylic acids is 1. The maximum Gasteiger partial charge on any atom is 0.326 e. The van der Waals surface area contributed by atoms with Gasteiger partial charge in [-0.15, -0.1) is 0 Å². The summed E-state index contributed by atoms with van der Waals surface area (Å²) in [6, 6.07) is 20.5. The van der Waals surface area contributed by atoms with Gasteiger partial charge in [-0.3, -0.25) is 4.79 Å². The first-order valence-electron chi connectivity index (χ1n) is 12.5. The molecule has 0 unspecified atom stereocenters. The Morgan fingerprint density at radius 1 is 0.927 bits per heavy atom. The Kier molecular flexibility index (Phi) is 7.89. The average Bonchev–Trinajstić information content (AvgIpc) is 3.43. The van der Waals surface area contributed by atoms with Crippen molar-refractivity contribution in [3.63, 3.8) is 0 Å². The first-order valence-corrected chi connectivity index (χ1v) is 12.8. The molecule has 0 aliphatic carbocycles. The maximum atomic E-state index is 15.0. The van der Waals surface area contributed by atoms with E-state index in [9.17, 15) is 19.1 Å². The van der Waals surface area contributed by atoms with Crippen LogP contribution in [0.5, 0.6) is 0 Å². The van der Waals surface area contributed by atoms with Crippen molar-refractivity contribution in [2.45, 2.75) is 19.4 Å². The third-order valence-electron chi connectivity index (χ3n) is 6.41. The molecule has 0 fully saturated rings. The number of nitrogens with zero attached hydrogens (tertiary/aromatic N) is 2. The summed E-state index contributed by atoms with van der Waals surface area (Å²) in [5, 5.41) is 16.3. The lowest BCUT2D eigenvalue weighted by Gasteiger charge is -2.15. The normalized spacial score (nSPS) is 11.7. The van der Waals surface area contributed by atoms with E-state index in [1.807, 2.05) is 31.2 Å². The number of halogens is 3. The van der Waals surface area contributed by atoms with E-state index < -0.39 is 29.6 Å². The van der Waals surface area contributed by atoms with Gasteiger partial charge in [0.05, 0.1) is 5.56 Å². The zero-order valence-corrected chi connectivity index (χ0v) is 22.3. The number of amides is 1. The van der Waals surface area contributed by atoms with Crippen molar-refractivity contribution >= 4 is 23.5 Å². The van der Waals surface area contributed by atoms with E-state index in [1.165, 1.54) is 42.5 Å². The molecule has 10 heteroatoms. The van der Waals surface area contributed by atoms with E-state index in [1.54, 1.807) is 12.1 Å². The largest absolute Gasteiger partial charge is 0.480 e. The fourth-order valence-electron chi connectivity index (χ4n) is 4.24. The molecule has 0 saturated carbocycles. The highest BCUT2D eigenvalue weighted by Crippen LogP contribution is 2.27. The van der Waals surface area contributed by atoms with Crippen LogP contribution in [0.3, 0.4) is 0 Å². The first-order chi connectivity index (χ1) is 19.7. The zero-order valence-electron chi connectivity index (χ0n) is 21.6. The minimum Gasteiger partial charge on any atom is -0.480 e. The van der Waals surface area contributed by atoms with Crippen LogP contribution in [-0.4, -0.2) is 33.2 Å². The Morgan fingerprint density at radius 3 is 2.37 bits per heavy atom. The zero-order chi connectivity index (χ0) is 29.1. The van der Waals surface area contributed by atoms with E-state index >= 15 is 4.39 Å². The van der Waals surface area contributed by atoms with E-state index in [0.29, 0.717) is 16.7 Å². The van der Waals surface area contributed by atoms with Crippen LogP contribution in [0.1, 0.15) is 21.5 Å². The topological polar surface area (TPSA) is 105 Å². The molecular formula is C31H22ClF2N3O4. The van der Waals surface area contributed by atoms with E-state index in [0.717, 1.165) is 11.6 Å². The standard InChI is InChI=1S/C31H22ClF2N3O4/c1-17-5-8-19(9-6-17)30-36-28(37-41-30)24-11-7-18(13-25(24)33)14-27(31(39)40)35-29(38)21-4-2-3-20(15-21)23-12-10-22(32)16-26(23)34/h2-13,15-16,27H,14H2,1H3,(H,35,38)(H,39,40)/t27-/m1/s1. The van der Waals surface area contributed by atoms with Crippen LogP contribution in [0.15, 0.2) is 89.5 Å². The highest BCUT2D eigenvalue weighted by molar-refractivity contribution is 6.30. The van der Waals surface area contributed by atoms with Gasteiger partial charge < -0.3 is 14.9 Å². The molecule has 0 aliphatic rings. The van der Waals surface area contributed by atoms with E-state index in [-0.39, 0.29) is 39.8 Å². The van der Waals surface area contributed by atoms with Crippen molar-refractivity contribution in [2.24, 2.45) is 0 Å². The summed E-state index contributed by atoms with van der Waals surface area (Å²) in [6.45, 7) is 1.95. The number of hydrogen-bond acceptors (Lipinski definition) is 5. The molecule has 7 nitrogen and oxygen atoms in total. The molecule has 2 N–H and O–H groups in total. The van der Waals surface area contributed by atoms with E-state index in [4.69, 9.17) is 16.1 Å². The van der Waals surface area contributed by atoms with Gasteiger partial charge in [0.2, 0.25) is 5.82 Å². The number of carboxylic acid groups (broad SMARTS) is 1. The molecule has 0 spiro atoms. The predicted octanol–water partition coefficient (Wildman–Crippen LogP) is 6.74. The van der Waals surface area contributed by atoms with Gasteiger partial charge in [-0.2, -0.15) is 4.98 Å². The highest BCUT2D eigenvalue weighted by Gasteiger charge is 2.23. The molecule has 0 radical (unpaired) electrons. The summed E-state index contributed by atoms with van der Waals surface area (Å²) >= 11 is 5.82. The van der Waals surface area contributed by atoms with Crippen LogP contribution in [-0.2, 0) is 11.2 Å². The van der Waals surface area contributed by atoms with Gasteiger partial charge in [0.15, 0.2) is 0 Å². The fraction of sp³-hybridized carbons (Fsp3) is 0.0968. The lowest BCUT2D eigenvalue weighted by Crippen LogP contribution is -2.42. The van der Waals surface area contributed by atoms with Crippen molar-refractivity contribution in [3.8, 4) is 34.0 Å². The van der Waals surface area contributed by atoms with Gasteiger partial charge in [0.25, 0.3) is 11.8 Å². The summed E-state index contributed by atoms with van der Waals surface area (Å²) in [5.74, 6) is -2.93. The highest BCUT2D eigenvalue weighted by atomic mass is 35.5. The van der Waals surface area contributed by atoms with Crippen molar-refractivity contribution in [1.82, 2.24) is 15.5 Å². The van der Waals surface area contributed by atoms with Crippen molar-refractivity contribution in [2.75, 3.05) is 0 Å². The van der Waals surface area contributed by atoms with Crippen molar-refractivity contribution in [3.05, 3.63) is 118 Å². The molecule has 0 aliphatic heterocycles. The number of hydrogen-bond donors (Lipinski definition) is 2. The number of carbonyl (C=O) groups is 2. The van der Waals surface area contributed by atoms with Gasteiger partial charge in [-0.05, 0) is 72.6 Å². The Balaban J connectivity index is 1.31. The van der Waals surface area contributed by atoms with Crippen LogP contribution < -0.4 is 5.32 Å². The van der Waals surface area contributed by atoms with Gasteiger partial charge in [-0.1, -0.05) is 52.7 Å². The number of rotatable bonds is 8. The summed E-state index contributed by atoms with van der Waals surface area (Å²) in [6.07, 6.45) is -0.190. The van der Waals surface area contributed by atoms with Crippen molar-refractivity contribution < 1.29 is 28.0 Å². The Morgan fingerprint density at radius 2 is 1.66 bits per heavy atom. The molecular weight excluding hydrogens is 552 g/mol. The Bertz CT molecular complexity index is 1760. The molecule has 1 atom stereocenters. The second-order valence-corrected chi connectivity index (χ2v) is 9.81. The number of carbonyl (C=O) groups excluding carboxylic acids is 1. The molecule has 41 heavy (non-hydrogen) atoms. The minimum absolute atomic E-state index is 0.0460. The predicted molar refractivity (Wildman–Crippen MR) is 149 cm³/mol. The third-order valence-corrected chi connectivity index (χ3v) is 6.64. The quantitative estimate of drug-likeness (QED) is 0.213. The molecule has 0 saturated heterocycles. The molecule has 206 valence electrons. The SMILES string of the molecule is Cc1ccc(-c2nc(-c3ccc(C[C@@H](NC(=O)c4cccc(-c5ccc(Cl)cc5F)c4)C(=O)O)cc3F)no2)cc1. The monoisotopic (exact) mass is 573 g/mol. The smallest absolute Gasteiger partial charge is 0.326 e. The second kappa shape index (κ2) is 11.7. The van der Waals surface area contributed by atoms with Gasteiger partial charge in [0.1, 0.15) is 17.7 Å². The van der Waals surface area contributed by atoms with E-state index in [2.05, 4.69) is 15.5 Å². The second-order valence-electron chi connectivity index (χ2n) is 9.38. The fourth-order valence-corrected chi connectivity index (χ4v) is 4.40. The van der Waals surface area contributed by atoms with Crippen LogP contribution in [0.2, 0.25) is 5.02 Å². The lowest BCUT2D eigenvalue weighted by atomic mass is 10.0. The first kappa shape index (κ1) is 27.7. The lowest BCUT2D eigenvalue weighted by molar-refractivity contribution is -0.139. The Labute approximate surface area is 238 Å². The van der Waals surface area contributed by atoms with Crippen molar-refractivity contribution in [1.29, 1.82) is 0 Å². The third kappa shape index (κ3) is 6.31. The maximum absolute atomic E-state index is 15.0. The molecule has 1 amide bonds. The number of aromatic nitrogens is 2. The number of carboxylic acids is 1. The molecule has 0 bridgehead atoms. The van der Waals surface area contributed by atoms with Crippen LogP contribution in [0.4, 0.5) is 8.78 Å². The summed E-state index contributed by atoms with van der Waals surface area (Å²) in [7, 11) is 0. The van der Waals surface area contributed by atoms with Gasteiger partial charge in [-0.25, -0.2) is 13.6 Å². The average molecular weight is 574 g/mol. The number of aryl methyl sites for hydroxylation is 1.